The van der Waals surface area contributed by atoms with Crippen LogP contribution in [0.1, 0.15) is 27.4 Å². The van der Waals surface area contributed by atoms with Gasteiger partial charge in [-0.25, -0.2) is 0 Å². The third-order valence-corrected chi connectivity index (χ3v) is 2.88. The Morgan fingerprint density at radius 2 is 2.17 bits per heavy atom. The first-order valence-electron chi connectivity index (χ1n) is 5.53. The van der Waals surface area contributed by atoms with Gasteiger partial charge < -0.3 is 9.73 Å². The molecular formula is C13H13ClN2O2. The predicted molar refractivity (Wildman–Crippen MR) is 68.4 cm³/mol. The lowest BCUT2D eigenvalue weighted by Gasteiger charge is -2.02. The van der Waals surface area contributed by atoms with Gasteiger partial charge in [0.1, 0.15) is 5.76 Å². The molecule has 0 aliphatic carbocycles. The summed E-state index contributed by atoms with van der Waals surface area (Å²) in [6.45, 7) is 2.23. The van der Waals surface area contributed by atoms with Crippen LogP contribution in [-0.2, 0) is 12.4 Å². The van der Waals surface area contributed by atoms with E-state index in [-0.39, 0.29) is 11.7 Å². The van der Waals surface area contributed by atoms with Gasteiger partial charge in [0.15, 0.2) is 5.76 Å². The van der Waals surface area contributed by atoms with E-state index in [1.54, 1.807) is 25.4 Å². The van der Waals surface area contributed by atoms with Gasteiger partial charge in [-0.1, -0.05) is 0 Å². The van der Waals surface area contributed by atoms with E-state index < -0.39 is 0 Å². The Labute approximate surface area is 110 Å². The molecule has 2 rings (SSSR count). The number of furan rings is 1. The monoisotopic (exact) mass is 264 g/mol. The normalized spacial score (nSPS) is 10.3. The van der Waals surface area contributed by atoms with E-state index in [1.165, 1.54) is 0 Å². The van der Waals surface area contributed by atoms with Gasteiger partial charge in [-0.15, -0.1) is 11.6 Å². The van der Waals surface area contributed by atoms with Gasteiger partial charge in [0.25, 0.3) is 5.91 Å². The van der Waals surface area contributed by atoms with E-state index in [4.69, 9.17) is 16.0 Å². The topological polar surface area (TPSA) is 55.1 Å². The van der Waals surface area contributed by atoms with E-state index in [9.17, 15) is 4.79 Å². The molecule has 0 aliphatic heterocycles. The van der Waals surface area contributed by atoms with E-state index >= 15 is 0 Å². The number of rotatable bonds is 4. The molecule has 0 fully saturated rings. The molecule has 2 heterocycles. The van der Waals surface area contributed by atoms with Crippen molar-refractivity contribution in [3.8, 4) is 0 Å². The second-order valence-electron chi connectivity index (χ2n) is 3.86. The zero-order chi connectivity index (χ0) is 13.0. The Kier molecular flexibility index (Phi) is 3.99. The SMILES string of the molecule is Cc1oc(C(=O)NCc2ccncc2)cc1CCl. The number of amides is 1. The quantitative estimate of drug-likeness (QED) is 0.864. The molecule has 18 heavy (non-hydrogen) atoms. The van der Waals surface area contributed by atoms with Crippen molar-refractivity contribution in [3.05, 3.63) is 53.2 Å². The third-order valence-electron chi connectivity index (χ3n) is 2.59. The first-order valence-corrected chi connectivity index (χ1v) is 6.06. The largest absolute Gasteiger partial charge is 0.456 e. The van der Waals surface area contributed by atoms with Crippen molar-refractivity contribution >= 4 is 17.5 Å². The number of aryl methyl sites for hydroxylation is 1. The molecule has 1 N–H and O–H groups in total. The van der Waals surface area contributed by atoms with Gasteiger partial charge in [-0.2, -0.15) is 0 Å². The minimum absolute atomic E-state index is 0.244. The Morgan fingerprint density at radius 3 is 2.78 bits per heavy atom. The van der Waals surface area contributed by atoms with Crippen LogP contribution in [0.25, 0.3) is 0 Å². The maximum Gasteiger partial charge on any atom is 0.287 e. The second-order valence-corrected chi connectivity index (χ2v) is 4.13. The van der Waals surface area contributed by atoms with Crippen LogP contribution < -0.4 is 5.32 Å². The second kappa shape index (κ2) is 5.69. The van der Waals surface area contributed by atoms with Gasteiger partial charge >= 0.3 is 0 Å². The molecule has 0 aliphatic rings. The van der Waals surface area contributed by atoms with Crippen LogP contribution in [0.3, 0.4) is 0 Å². The smallest absolute Gasteiger partial charge is 0.287 e. The van der Waals surface area contributed by atoms with Crippen LogP contribution in [0, 0.1) is 6.92 Å². The highest BCUT2D eigenvalue weighted by atomic mass is 35.5. The zero-order valence-corrected chi connectivity index (χ0v) is 10.7. The number of nitrogens with zero attached hydrogens (tertiary/aromatic N) is 1. The lowest BCUT2D eigenvalue weighted by Crippen LogP contribution is -2.22. The number of halogens is 1. The summed E-state index contributed by atoms with van der Waals surface area (Å²) in [5.41, 5.74) is 1.82. The van der Waals surface area contributed by atoms with E-state index in [0.29, 0.717) is 18.2 Å². The third kappa shape index (κ3) is 2.90. The molecule has 0 aromatic carbocycles. The number of hydrogen-bond acceptors (Lipinski definition) is 3. The van der Waals surface area contributed by atoms with Gasteiger partial charge in [0, 0.05) is 24.5 Å². The summed E-state index contributed by atoms with van der Waals surface area (Å²) >= 11 is 5.72. The number of alkyl halides is 1. The van der Waals surface area contributed by atoms with Crippen molar-refractivity contribution < 1.29 is 9.21 Å². The van der Waals surface area contributed by atoms with Gasteiger partial charge in [-0.3, -0.25) is 9.78 Å². The summed E-state index contributed by atoms with van der Waals surface area (Å²) in [5, 5.41) is 2.78. The molecule has 0 saturated carbocycles. The van der Waals surface area contributed by atoms with Crippen molar-refractivity contribution in [3.63, 3.8) is 0 Å². The number of carbonyl (C=O) groups is 1. The van der Waals surface area contributed by atoms with Crippen molar-refractivity contribution in [2.45, 2.75) is 19.3 Å². The zero-order valence-electron chi connectivity index (χ0n) is 9.94. The molecule has 0 unspecified atom stereocenters. The molecule has 2 aromatic heterocycles. The maximum atomic E-state index is 11.8. The highest BCUT2D eigenvalue weighted by Crippen LogP contribution is 2.16. The minimum atomic E-state index is -0.244. The highest BCUT2D eigenvalue weighted by molar-refractivity contribution is 6.17. The average Bonchev–Trinajstić information content (AvgIpc) is 2.78. The van der Waals surface area contributed by atoms with Crippen molar-refractivity contribution in [2.75, 3.05) is 0 Å². The molecule has 0 atom stereocenters. The summed E-state index contributed by atoms with van der Waals surface area (Å²) < 4.78 is 5.35. The molecule has 0 bridgehead atoms. The molecule has 0 radical (unpaired) electrons. The van der Waals surface area contributed by atoms with Crippen LogP contribution in [0.2, 0.25) is 0 Å². The first kappa shape index (κ1) is 12.6. The van der Waals surface area contributed by atoms with Crippen LogP contribution in [0.4, 0.5) is 0 Å². The number of carbonyl (C=O) groups excluding carboxylic acids is 1. The fourth-order valence-corrected chi connectivity index (χ4v) is 1.80. The summed E-state index contributed by atoms with van der Waals surface area (Å²) in [6, 6.07) is 5.36. The molecule has 5 heteroatoms. The molecule has 0 saturated heterocycles. The number of aromatic nitrogens is 1. The average molecular weight is 265 g/mol. The summed E-state index contributed by atoms with van der Waals surface area (Å²) in [5.74, 6) is 1.06. The lowest BCUT2D eigenvalue weighted by molar-refractivity contribution is 0.0922. The maximum absolute atomic E-state index is 11.8. The summed E-state index contributed by atoms with van der Waals surface area (Å²) in [4.78, 5) is 15.7. The Hall–Kier alpha value is -1.81. The van der Waals surface area contributed by atoms with Gasteiger partial charge in [-0.05, 0) is 30.7 Å². The van der Waals surface area contributed by atoms with Crippen LogP contribution in [0.15, 0.2) is 35.0 Å². The minimum Gasteiger partial charge on any atom is -0.456 e. The van der Waals surface area contributed by atoms with Crippen molar-refractivity contribution in [2.24, 2.45) is 0 Å². The van der Waals surface area contributed by atoms with E-state index in [1.807, 2.05) is 12.1 Å². The van der Waals surface area contributed by atoms with Crippen molar-refractivity contribution in [1.29, 1.82) is 0 Å². The van der Waals surface area contributed by atoms with Gasteiger partial charge in [0.05, 0.1) is 5.88 Å². The Bertz CT molecular complexity index is 537. The molecular weight excluding hydrogens is 252 g/mol. The highest BCUT2D eigenvalue weighted by Gasteiger charge is 2.13. The molecule has 0 spiro atoms. The summed E-state index contributed by atoms with van der Waals surface area (Å²) in [6.07, 6.45) is 3.37. The van der Waals surface area contributed by atoms with Gasteiger partial charge in [0.2, 0.25) is 0 Å². The van der Waals surface area contributed by atoms with Crippen LogP contribution in [0.5, 0.6) is 0 Å². The lowest BCUT2D eigenvalue weighted by atomic mass is 10.2. The number of pyridine rings is 1. The first-order chi connectivity index (χ1) is 8.70. The van der Waals surface area contributed by atoms with E-state index in [2.05, 4.69) is 10.3 Å². The van der Waals surface area contributed by atoms with Crippen LogP contribution in [-0.4, -0.2) is 10.9 Å². The van der Waals surface area contributed by atoms with Crippen molar-refractivity contribution in [1.82, 2.24) is 10.3 Å². The number of hydrogen-bond donors (Lipinski definition) is 1. The molecule has 4 nitrogen and oxygen atoms in total. The standard InChI is InChI=1S/C13H13ClN2O2/c1-9-11(7-14)6-12(18-9)13(17)16-8-10-2-4-15-5-3-10/h2-6H,7-8H2,1H3,(H,16,17). The predicted octanol–water partition coefficient (Wildman–Crippen LogP) is 2.65. The molecule has 94 valence electrons. The fraction of sp³-hybridized carbons (Fsp3) is 0.231. The Morgan fingerprint density at radius 1 is 1.44 bits per heavy atom. The summed E-state index contributed by atoms with van der Waals surface area (Å²) in [7, 11) is 0. The van der Waals surface area contributed by atoms with Crippen LogP contribution >= 0.6 is 11.6 Å². The van der Waals surface area contributed by atoms with E-state index in [0.717, 1.165) is 11.1 Å². The number of nitrogens with one attached hydrogen (secondary N) is 1. The molecule has 2 aromatic rings. The Balaban J connectivity index is 1.99. The molecule has 1 amide bonds. The fourth-order valence-electron chi connectivity index (χ4n) is 1.53.